The van der Waals surface area contributed by atoms with Gasteiger partial charge >= 0.3 is 6.03 Å². The van der Waals surface area contributed by atoms with Gasteiger partial charge in [-0.2, -0.15) is 0 Å². The zero-order chi connectivity index (χ0) is 17.2. The quantitative estimate of drug-likeness (QED) is 0.685. The lowest BCUT2D eigenvalue weighted by atomic mass is 10.0. The third-order valence-electron chi connectivity index (χ3n) is 4.19. The van der Waals surface area contributed by atoms with E-state index in [-0.39, 0.29) is 12.1 Å². The van der Waals surface area contributed by atoms with Gasteiger partial charge in [-0.1, -0.05) is 18.6 Å². The summed E-state index contributed by atoms with van der Waals surface area (Å²) < 4.78 is 5.62. The molecule has 1 heterocycles. The Bertz CT molecular complexity index is 482. The zero-order valence-electron chi connectivity index (χ0n) is 14.9. The van der Waals surface area contributed by atoms with E-state index in [1.165, 1.54) is 24.8 Å². The molecule has 0 aliphatic carbocycles. The minimum Gasteiger partial charge on any atom is -0.491 e. The summed E-state index contributed by atoms with van der Waals surface area (Å²) in [6.45, 7) is 6.50. The Kier molecular flexibility index (Phi) is 7.89. The normalized spacial score (nSPS) is 17.5. The second-order valence-electron chi connectivity index (χ2n) is 6.68. The van der Waals surface area contributed by atoms with E-state index in [2.05, 4.69) is 16.0 Å². The highest BCUT2D eigenvalue weighted by Gasteiger charge is 2.12. The van der Waals surface area contributed by atoms with E-state index in [0.717, 1.165) is 31.7 Å². The summed E-state index contributed by atoms with van der Waals surface area (Å²) in [5.74, 6) is 0.885. The molecule has 3 N–H and O–H groups in total. The van der Waals surface area contributed by atoms with Crippen molar-refractivity contribution < 1.29 is 9.53 Å². The molecule has 1 atom stereocenters. The van der Waals surface area contributed by atoms with Gasteiger partial charge in [0.25, 0.3) is 0 Å². The molecule has 2 amide bonds. The number of hydrogen-bond acceptors (Lipinski definition) is 3. The number of carbonyl (C=O) groups excluding carboxylic acids is 1. The fraction of sp³-hybridized carbons (Fsp3) is 0.632. The van der Waals surface area contributed by atoms with Crippen molar-refractivity contribution >= 4 is 6.03 Å². The van der Waals surface area contributed by atoms with Crippen LogP contribution in [-0.2, 0) is 6.42 Å². The average Bonchev–Trinajstić information content (AvgIpc) is 2.57. The fourth-order valence-corrected chi connectivity index (χ4v) is 2.92. The van der Waals surface area contributed by atoms with Gasteiger partial charge in [0.1, 0.15) is 5.75 Å². The molecule has 1 aliphatic rings. The van der Waals surface area contributed by atoms with Gasteiger partial charge in [-0.05, 0) is 63.8 Å². The van der Waals surface area contributed by atoms with Crippen LogP contribution >= 0.6 is 0 Å². The van der Waals surface area contributed by atoms with Gasteiger partial charge in [-0.25, -0.2) is 4.79 Å². The van der Waals surface area contributed by atoms with Crippen LogP contribution < -0.4 is 20.7 Å². The molecule has 5 heteroatoms. The first-order chi connectivity index (χ1) is 11.6. The lowest BCUT2D eigenvalue weighted by molar-refractivity contribution is 0.239. The lowest BCUT2D eigenvalue weighted by Gasteiger charge is -2.23. The Morgan fingerprint density at radius 1 is 1.21 bits per heavy atom. The largest absolute Gasteiger partial charge is 0.491 e. The molecule has 0 spiro atoms. The van der Waals surface area contributed by atoms with Gasteiger partial charge in [0, 0.05) is 19.1 Å². The van der Waals surface area contributed by atoms with E-state index in [1.807, 2.05) is 38.1 Å². The van der Waals surface area contributed by atoms with E-state index in [0.29, 0.717) is 12.6 Å². The maximum Gasteiger partial charge on any atom is 0.314 e. The number of rotatable bonds is 8. The Hall–Kier alpha value is -1.75. The van der Waals surface area contributed by atoms with Crippen molar-refractivity contribution in [1.82, 2.24) is 16.0 Å². The number of benzene rings is 1. The molecule has 134 valence electrons. The average molecular weight is 333 g/mol. The minimum atomic E-state index is -0.0782. The molecule has 0 unspecified atom stereocenters. The van der Waals surface area contributed by atoms with Gasteiger partial charge in [-0.3, -0.25) is 0 Å². The van der Waals surface area contributed by atoms with Crippen molar-refractivity contribution in [2.75, 3.05) is 19.6 Å². The number of ether oxygens (including phenoxy) is 1. The van der Waals surface area contributed by atoms with E-state index < -0.39 is 0 Å². The summed E-state index contributed by atoms with van der Waals surface area (Å²) in [7, 11) is 0. The first-order valence-corrected chi connectivity index (χ1v) is 9.14. The predicted octanol–water partition coefficient (Wildman–Crippen LogP) is 2.85. The second kappa shape index (κ2) is 10.2. The summed E-state index contributed by atoms with van der Waals surface area (Å²) in [5, 5.41) is 9.34. The Morgan fingerprint density at radius 2 is 1.96 bits per heavy atom. The topological polar surface area (TPSA) is 62.4 Å². The monoisotopic (exact) mass is 333 g/mol. The minimum absolute atomic E-state index is 0.0782. The van der Waals surface area contributed by atoms with Crippen LogP contribution in [0.25, 0.3) is 0 Å². The van der Waals surface area contributed by atoms with Crippen LogP contribution in [0, 0.1) is 0 Å². The van der Waals surface area contributed by atoms with Gasteiger partial charge in [0.05, 0.1) is 6.10 Å². The van der Waals surface area contributed by atoms with E-state index in [4.69, 9.17) is 4.74 Å². The van der Waals surface area contributed by atoms with Crippen molar-refractivity contribution in [2.45, 2.75) is 58.1 Å². The van der Waals surface area contributed by atoms with Gasteiger partial charge in [0.2, 0.25) is 0 Å². The number of amides is 2. The second-order valence-corrected chi connectivity index (χ2v) is 6.68. The first kappa shape index (κ1) is 18.6. The van der Waals surface area contributed by atoms with Crippen LogP contribution in [0.3, 0.4) is 0 Å². The highest BCUT2D eigenvalue weighted by atomic mass is 16.5. The standard InChI is InChI=1S/C19H31N3O2/c1-15(2)24-18-8-6-16(7-9-18)10-13-21-19(23)22-14-11-17-5-3-4-12-20-17/h6-9,15,17,20H,3-5,10-14H2,1-2H3,(H2,21,22,23)/t17-/m0/s1. The molecular weight excluding hydrogens is 302 g/mol. The maximum atomic E-state index is 11.8. The molecule has 1 aromatic carbocycles. The molecule has 1 aliphatic heterocycles. The first-order valence-electron chi connectivity index (χ1n) is 9.14. The van der Waals surface area contributed by atoms with Crippen LogP contribution in [0.4, 0.5) is 4.79 Å². The van der Waals surface area contributed by atoms with E-state index in [9.17, 15) is 4.79 Å². The van der Waals surface area contributed by atoms with Gasteiger partial charge < -0.3 is 20.7 Å². The fourth-order valence-electron chi connectivity index (χ4n) is 2.92. The summed E-state index contributed by atoms with van der Waals surface area (Å²) in [6.07, 6.45) is 5.80. The number of carbonyl (C=O) groups is 1. The van der Waals surface area contributed by atoms with Crippen molar-refractivity contribution in [2.24, 2.45) is 0 Å². The molecule has 1 saturated heterocycles. The Morgan fingerprint density at radius 3 is 2.62 bits per heavy atom. The summed E-state index contributed by atoms with van der Waals surface area (Å²) in [6, 6.07) is 8.54. The third-order valence-corrected chi connectivity index (χ3v) is 4.19. The summed E-state index contributed by atoms with van der Waals surface area (Å²) >= 11 is 0. The molecule has 1 aromatic rings. The predicted molar refractivity (Wildman–Crippen MR) is 97.6 cm³/mol. The van der Waals surface area contributed by atoms with Gasteiger partial charge in [-0.15, -0.1) is 0 Å². The number of hydrogen-bond donors (Lipinski definition) is 3. The summed E-state index contributed by atoms with van der Waals surface area (Å²) in [5.41, 5.74) is 1.19. The van der Waals surface area contributed by atoms with Crippen LogP contribution in [0.2, 0.25) is 0 Å². The molecule has 0 aromatic heterocycles. The number of urea groups is 1. The van der Waals surface area contributed by atoms with Crippen molar-refractivity contribution in [3.8, 4) is 5.75 Å². The molecule has 5 nitrogen and oxygen atoms in total. The molecule has 0 saturated carbocycles. The molecule has 2 rings (SSSR count). The molecule has 0 radical (unpaired) electrons. The number of piperidine rings is 1. The van der Waals surface area contributed by atoms with Gasteiger partial charge in [0.15, 0.2) is 0 Å². The summed E-state index contributed by atoms with van der Waals surface area (Å²) in [4.78, 5) is 11.8. The van der Waals surface area contributed by atoms with E-state index in [1.54, 1.807) is 0 Å². The third kappa shape index (κ3) is 7.21. The molecule has 0 bridgehead atoms. The lowest BCUT2D eigenvalue weighted by Crippen LogP contribution is -2.41. The SMILES string of the molecule is CC(C)Oc1ccc(CCNC(=O)NCC[C@@H]2CCCCN2)cc1. The van der Waals surface area contributed by atoms with Crippen LogP contribution in [0.5, 0.6) is 5.75 Å². The zero-order valence-corrected chi connectivity index (χ0v) is 14.9. The van der Waals surface area contributed by atoms with Crippen LogP contribution in [-0.4, -0.2) is 37.8 Å². The van der Waals surface area contributed by atoms with Crippen molar-refractivity contribution in [3.63, 3.8) is 0 Å². The van der Waals surface area contributed by atoms with Crippen LogP contribution in [0.1, 0.15) is 45.1 Å². The molecular formula is C19H31N3O2. The van der Waals surface area contributed by atoms with Crippen LogP contribution in [0.15, 0.2) is 24.3 Å². The Balaban J connectivity index is 1.56. The Labute approximate surface area is 145 Å². The van der Waals surface area contributed by atoms with Crippen molar-refractivity contribution in [1.29, 1.82) is 0 Å². The molecule has 24 heavy (non-hydrogen) atoms. The highest BCUT2D eigenvalue weighted by Crippen LogP contribution is 2.14. The maximum absolute atomic E-state index is 11.8. The highest BCUT2D eigenvalue weighted by molar-refractivity contribution is 5.73. The van der Waals surface area contributed by atoms with Crippen molar-refractivity contribution in [3.05, 3.63) is 29.8 Å². The van der Waals surface area contributed by atoms with E-state index >= 15 is 0 Å². The smallest absolute Gasteiger partial charge is 0.314 e. The molecule has 1 fully saturated rings. The number of nitrogens with one attached hydrogen (secondary N) is 3.